The molecule has 25 heavy (non-hydrogen) atoms. The predicted molar refractivity (Wildman–Crippen MR) is 99.1 cm³/mol. The number of anilines is 1. The van der Waals surface area contributed by atoms with Crippen molar-refractivity contribution in [1.29, 1.82) is 0 Å². The molecule has 0 fully saturated rings. The largest absolute Gasteiger partial charge is 0.477 e. The monoisotopic (exact) mass is 357 g/mol. The van der Waals surface area contributed by atoms with E-state index < -0.39 is 20.7 Å². The van der Waals surface area contributed by atoms with Crippen LogP contribution in [0.15, 0.2) is 76.5 Å². The number of carboxylic acid groups (broad SMARTS) is 1. The van der Waals surface area contributed by atoms with Crippen LogP contribution in [0.4, 0.5) is 5.69 Å². The number of benzene rings is 2. The molecular formula is C19H19NO4S. The second kappa shape index (κ2) is 7.81. The molecule has 0 amide bonds. The first-order valence-electron chi connectivity index (χ1n) is 7.51. The summed E-state index contributed by atoms with van der Waals surface area (Å²) >= 11 is 0. The SMILES string of the molecule is CN(C)c1ccc(/C=C/C=C(\C(=O)O)S(=O)(=O)c2ccccc2)cc1. The van der Waals surface area contributed by atoms with E-state index in [-0.39, 0.29) is 4.90 Å². The van der Waals surface area contributed by atoms with Crippen molar-refractivity contribution in [1.82, 2.24) is 0 Å². The van der Waals surface area contributed by atoms with Gasteiger partial charge in [-0.2, -0.15) is 0 Å². The summed E-state index contributed by atoms with van der Waals surface area (Å²) in [5, 5.41) is 9.28. The Morgan fingerprint density at radius 1 is 1.00 bits per heavy atom. The van der Waals surface area contributed by atoms with Crippen LogP contribution in [0, 0.1) is 0 Å². The number of sulfone groups is 1. The Hall–Kier alpha value is -2.86. The van der Waals surface area contributed by atoms with Crippen molar-refractivity contribution in [3.8, 4) is 0 Å². The maximum Gasteiger partial charge on any atom is 0.347 e. The smallest absolute Gasteiger partial charge is 0.347 e. The minimum atomic E-state index is -4.07. The van der Waals surface area contributed by atoms with Crippen LogP contribution in [-0.2, 0) is 14.6 Å². The first-order chi connectivity index (χ1) is 11.8. The van der Waals surface area contributed by atoms with Gasteiger partial charge in [-0.25, -0.2) is 13.2 Å². The number of hydrogen-bond acceptors (Lipinski definition) is 4. The van der Waals surface area contributed by atoms with E-state index in [4.69, 9.17) is 0 Å². The molecule has 0 saturated heterocycles. The standard InChI is InChI=1S/C19H19NO4S/c1-20(2)16-13-11-15(12-14-16)7-6-10-18(19(21)22)25(23,24)17-8-4-3-5-9-17/h3-14H,1-2H3,(H,21,22)/b7-6+,18-10+. The third-order valence-corrected chi connectivity index (χ3v) is 5.28. The summed E-state index contributed by atoms with van der Waals surface area (Å²) in [6.45, 7) is 0. The average Bonchev–Trinajstić information content (AvgIpc) is 2.59. The molecule has 0 spiro atoms. The van der Waals surface area contributed by atoms with Crippen molar-refractivity contribution < 1.29 is 18.3 Å². The lowest BCUT2D eigenvalue weighted by Crippen LogP contribution is -2.13. The molecule has 0 aliphatic rings. The van der Waals surface area contributed by atoms with Gasteiger partial charge in [-0.3, -0.25) is 0 Å². The molecule has 6 heteroatoms. The summed E-state index contributed by atoms with van der Waals surface area (Å²) in [4.78, 5) is 12.6. The maximum absolute atomic E-state index is 12.4. The molecule has 0 aliphatic carbocycles. The lowest BCUT2D eigenvalue weighted by Gasteiger charge is -2.11. The fourth-order valence-corrected chi connectivity index (χ4v) is 3.39. The van der Waals surface area contributed by atoms with Crippen LogP contribution >= 0.6 is 0 Å². The molecule has 0 aliphatic heterocycles. The highest BCUT2D eigenvalue weighted by molar-refractivity contribution is 7.96. The summed E-state index contributed by atoms with van der Waals surface area (Å²) in [5.74, 6) is -1.49. The molecule has 0 saturated carbocycles. The van der Waals surface area contributed by atoms with Crippen LogP contribution in [0.25, 0.3) is 6.08 Å². The van der Waals surface area contributed by atoms with Crippen LogP contribution in [0.3, 0.4) is 0 Å². The Labute approximate surface area is 147 Å². The highest BCUT2D eigenvalue weighted by Gasteiger charge is 2.25. The van der Waals surface area contributed by atoms with Crippen LogP contribution in [0.1, 0.15) is 5.56 Å². The Bertz CT molecular complexity index is 896. The van der Waals surface area contributed by atoms with E-state index in [0.717, 1.165) is 17.3 Å². The fourth-order valence-electron chi connectivity index (χ4n) is 2.13. The summed E-state index contributed by atoms with van der Waals surface area (Å²) < 4.78 is 24.9. The van der Waals surface area contributed by atoms with Crippen molar-refractivity contribution in [2.45, 2.75) is 4.90 Å². The Kier molecular flexibility index (Phi) is 5.77. The number of rotatable bonds is 6. The zero-order chi connectivity index (χ0) is 18.4. The number of carboxylic acids is 1. The van der Waals surface area contributed by atoms with Gasteiger partial charge in [0.15, 0.2) is 4.91 Å². The highest BCUT2D eigenvalue weighted by atomic mass is 32.2. The zero-order valence-corrected chi connectivity index (χ0v) is 14.8. The molecule has 0 radical (unpaired) electrons. The highest BCUT2D eigenvalue weighted by Crippen LogP contribution is 2.20. The van der Waals surface area contributed by atoms with Gasteiger partial charge in [0, 0.05) is 19.8 Å². The van der Waals surface area contributed by atoms with Gasteiger partial charge in [0.05, 0.1) is 4.90 Å². The van der Waals surface area contributed by atoms with Gasteiger partial charge in [0.1, 0.15) is 0 Å². The lowest BCUT2D eigenvalue weighted by molar-refractivity contribution is -0.131. The van der Waals surface area contributed by atoms with Crippen molar-refractivity contribution >= 4 is 27.6 Å². The second-order valence-electron chi connectivity index (χ2n) is 5.50. The third kappa shape index (κ3) is 4.58. The van der Waals surface area contributed by atoms with E-state index >= 15 is 0 Å². The predicted octanol–water partition coefficient (Wildman–Crippen LogP) is 3.21. The molecular weight excluding hydrogens is 338 g/mol. The summed E-state index contributed by atoms with van der Waals surface area (Å²) in [6, 6.07) is 15.1. The first kappa shape index (κ1) is 18.5. The summed E-state index contributed by atoms with van der Waals surface area (Å²) in [7, 11) is -0.206. The van der Waals surface area contributed by atoms with Crippen molar-refractivity contribution in [3.63, 3.8) is 0 Å². The van der Waals surface area contributed by atoms with E-state index in [0.29, 0.717) is 0 Å². The number of nitrogens with zero attached hydrogens (tertiary/aromatic N) is 1. The molecule has 5 nitrogen and oxygen atoms in total. The molecule has 1 N–H and O–H groups in total. The van der Waals surface area contributed by atoms with Gasteiger partial charge < -0.3 is 10.0 Å². The van der Waals surface area contributed by atoms with Crippen LogP contribution in [0.5, 0.6) is 0 Å². The lowest BCUT2D eigenvalue weighted by atomic mass is 10.2. The Morgan fingerprint density at radius 2 is 1.60 bits per heavy atom. The molecule has 2 aromatic carbocycles. The van der Waals surface area contributed by atoms with Crippen LogP contribution in [0.2, 0.25) is 0 Å². The van der Waals surface area contributed by atoms with Gasteiger partial charge in [0.25, 0.3) is 0 Å². The third-order valence-electron chi connectivity index (χ3n) is 3.50. The molecule has 2 aromatic rings. The van der Waals surface area contributed by atoms with Gasteiger partial charge in [-0.1, -0.05) is 42.5 Å². The molecule has 130 valence electrons. The Morgan fingerprint density at radius 3 is 2.12 bits per heavy atom. The van der Waals surface area contributed by atoms with Gasteiger partial charge in [0.2, 0.25) is 9.84 Å². The quantitative estimate of drug-likeness (QED) is 0.635. The molecule has 2 rings (SSSR count). The van der Waals surface area contributed by atoms with E-state index in [1.165, 1.54) is 18.2 Å². The summed E-state index contributed by atoms with van der Waals surface area (Å²) in [5.41, 5.74) is 1.87. The van der Waals surface area contributed by atoms with Crippen molar-refractivity contribution in [3.05, 3.63) is 77.2 Å². The van der Waals surface area contributed by atoms with E-state index in [1.807, 2.05) is 43.3 Å². The molecule has 0 unspecified atom stereocenters. The van der Waals surface area contributed by atoms with Gasteiger partial charge in [-0.15, -0.1) is 0 Å². The number of aliphatic carboxylic acids is 1. The molecule has 0 bridgehead atoms. The summed E-state index contributed by atoms with van der Waals surface area (Å²) in [6.07, 6.45) is 4.18. The number of hydrogen-bond donors (Lipinski definition) is 1. The zero-order valence-electron chi connectivity index (χ0n) is 14.0. The molecule has 0 heterocycles. The first-order valence-corrected chi connectivity index (χ1v) is 9.00. The topological polar surface area (TPSA) is 74.7 Å². The van der Waals surface area contributed by atoms with Gasteiger partial charge in [-0.05, 0) is 35.9 Å². The minimum absolute atomic E-state index is 0.0487. The van der Waals surface area contributed by atoms with E-state index in [2.05, 4.69) is 0 Å². The number of carbonyl (C=O) groups is 1. The van der Waals surface area contributed by atoms with Crippen molar-refractivity contribution in [2.24, 2.45) is 0 Å². The Balaban J connectivity index is 2.30. The van der Waals surface area contributed by atoms with Crippen LogP contribution in [-0.4, -0.2) is 33.6 Å². The molecule has 0 aromatic heterocycles. The minimum Gasteiger partial charge on any atom is -0.477 e. The van der Waals surface area contributed by atoms with Crippen LogP contribution < -0.4 is 4.90 Å². The van der Waals surface area contributed by atoms with E-state index in [1.54, 1.807) is 24.3 Å². The average molecular weight is 357 g/mol. The normalized spacial score (nSPS) is 12.3. The fraction of sp³-hybridized carbons (Fsp3) is 0.105. The van der Waals surface area contributed by atoms with Crippen molar-refractivity contribution in [2.75, 3.05) is 19.0 Å². The van der Waals surface area contributed by atoms with Gasteiger partial charge >= 0.3 is 5.97 Å². The molecule has 0 atom stereocenters. The number of allylic oxidation sites excluding steroid dienone is 2. The maximum atomic E-state index is 12.4. The van der Waals surface area contributed by atoms with E-state index in [9.17, 15) is 18.3 Å². The second-order valence-corrected chi connectivity index (χ2v) is 7.42.